The van der Waals surface area contributed by atoms with Crippen LogP contribution in [0.4, 0.5) is 0 Å². The first-order valence-electron chi connectivity index (χ1n) is 22.7. The molecule has 53 heavy (non-hydrogen) atoms. The molecule has 1 aliphatic rings. The minimum Gasteiger partial charge on any atom is -0.394 e. The summed E-state index contributed by atoms with van der Waals surface area (Å²) in [5.41, 5.74) is 0. The number of unbranched alkanes of at least 4 members (excludes halogenated alkanes) is 28. The van der Waals surface area contributed by atoms with Crippen molar-refractivity contribution in [1.29, 1.82) is 0 Å². The highest BCUT2D eigenvalue weighted by Crippen LogP contribution is 2.23. The van der Waals surface area contributed by atoms with Crippen molar-refractivity contribution in [1.82, 2.24) is 5.32 Å². The fraction of sp³-hybridized carbons (Fsp3) is 0.977. The molecule has 1 amide bonds. The van der Waals surface area contributed by atoms with Gasteiger partial charge in [-0.1, -0.05) is 200 Å². The SMILES string of the molecule is CCCCCCCCCCCCCCCCCCCCCCCCCCC(O)C(COC1OC(CO)C(O)C(O)C1O)NC(=O)CCCCCCCC. The van der Waals surface area contributed by atoms with Crippen molar-refractivity contribution in [3.05, 3.63) is 0 Å². The minimum atomic E-state index is -1.55. The molecule has 1 aliphatic heterocycles. The number of amides is 1. The van der Waals surface area contributed by atoms with Crippen molar-refractivity contribution in [2.24, 2.45) is 0 Å². The summed E-state index contributed by atoms with van der Waals surface area (Å²) in [6, 6.07) is -0.709. The Bertz CT molecular complexity index is 801. The molecule has 1 fully saturated rings. The maximum Gasteiger partial charge on any atom is 0.220 e. The Morgan fingerprint density at radius 3 is 1.34 bits per heavy atom. The molecular weight excluding hydrogens is 670 g/mol. The molecule has 7 unspecified atom stereocenters. The summed E-state index contributed by atoms with van der Waals surface area (Å²) in [4.78, 5) is 12.8. The van der Waals surface area contributed by atoms with Crippen LogP contribution in [0, 0.1) is 0 Å². The molecule has 0 aliphatic carbocycles. The van der Waals surface area contributed by atoms with E-state index >= 15 is 0 Å². The van der Waals surface area contributed by atoms with Gasteiger partial charge in [0.2, 0.25) is 5.91 Å². The number of ether oxygens (including phenoxy) is 2. The van der Waals surface area contributed by atoms with E-state index in [9.17, 15) is 30.3 Å². The van der Waals surface area contributed by atoms with Gasteiger partial charge in [-0.3, -0.25) is 4.79 Å². The number of aliphatic hydroxyl groups excluding tert-OH is 5. The van der Waals surface area contributed by atoms with Crippen LogP contribution in [0.3, 0.4) is 0 Å². The summed E-state index contributed by atoms with van der Waals surface area (Å²) in [5.74, 6) is -0.151. The highest BCUT2D eigenvalue weighted by atomic mass is 16.7. The third-order valence-electron chi connectivity index (χ3n) is 11.2. The van der Waals surface area contributed by atoms with Crippen molar-refractivity contribution in [2.45, 2.75) is 262 Å². The molecule has 1 rings (SSSR count). The van der Waals surface area contributed by atoms with Crippen molar-refractivity contribution >= 4 is 5.91 Å². The first-order valence-corrected chi connectivity index (χ1v) is 22.7. The predicted octanol–water partition coefficient (Wildman–Crippen LogP) is 9.17. The molecule has 0 radical (unpaired) electrons. The Morgan fingerprint density at radius 2 is 0.943 bits per heavy atom. The lowest BCUT2D eigenvalue weighted by molar-refractivity contribution is -0.302. The highest BCUT2D eigenvalue weighted by molar-refractivity contribution is 5.76. The molecule has 7 atom stereocenters. The number of rotatable bonds is 38. The lowest BCUT2D eigenvalue weighted by Crippen LogP contribution is -2.60. The molecule has 0 aromatic heterocycles. The summed E-state index contributed by atoms with van der Waals surface area (Å²) in [7, 11) is 0. The van der Waals surface area contributed by atoms with Crippen LogP contribution in [0.25, 0.3) is 0 Å². The summed E-state index contributed by atoms with van der Waals surface area (Å²) in [5, 5.41) is 54.0. The highest BCUT2D eigenvalue weighted by Gasteiger charge is 2.44. The van der Waals surface area contributed by atoms with Gasteiger partial charge in [0.15, 0.2) is 6.29 Å². The van der Waals surface area contributed by atoms with E-state index in [1.54, 1.807) is 0 Å². The van der Waals surface area contributed by atoms with Crippen LogP contribution in [-0.2, 0) is 14.3 Å². The van der Waals surface area contributed by atoms with E-state index in [4.69, 9.17) is 9.47 Å². The van der Waals surface area contributed by atoms with Gasteiger partial charge in [-0.05, 0) is 12.8 Å². The van der Waals surface area contributed by atoms with Gasteiger partial charge in [0, 0.05) is 6.42 Å². The van der Waals surface area contributed by atoms with Crippen molar-refractivity contribution in [2.75, 3.05) is 13.2 Å². The van der Waals surface area contributed by atoms with Crippen LogP contribution in [0.2, 0.25) is 0 Å². The average molecular weight is 758 g/mol. The molecule has 316 valence electrons. The molecule has 9 nitrogen and oxygen atoms in total. The molecule has 0 bridgehead atoms. The number of carbonyl (C=O) groups is 1. The van der Waals surface area contributed by atoms with E-state index in [-0.39, 0.29) is 12.5 Å². The normalized spacial score (nSPS) is 21.5. The van der Waals surface area contributed by atoms with Crippen molar-refractivity contribution in [3.8, 4) is 0 Å². The monoisotopic (exact) mass is 758 g/mol. The molecule has 0 aromatic carbocycles. The first kappa shape index (κ1) is 50.2. The molecule has 9 heteroatoms. The maximum absolute atomic E-state index is 12.8. The zero-order valence-electron chi connectivity index (χ0n) is 34.5. The molecular formula is C44H87NO8. The Hall–Kier alpha value is -0.810. The minimum absolute atomic E-state index is 0.133. The van der Waals surface area contributed by atoms with Gasteiger partial charge in [0.1, 0.15) is 24.4 Å². The van der Waals surface area contributed by atoms with Crippen molar-refractivity contribution < 1.29 is 39.8 Å². The van der Waals surface area contributed by atoms with Crippen LogP contribution >= 0.6 is 0 Å². The van der Waals surface area contributed by atoms with Gasteiger partial charge < -0.3 is 40.3 Å². The molecule has 0 aromatic rings. The Kier molecular flexibility index (Phi) is 33.7. The second kappa shape index (κ2) is 35.6. The molecule has 1 saturated heterocycles. The van der Waals surface area contributed by atoms with E-state index in [2.05, 4.69) is 19.2 Å². The smallest absolute Gasteiger partial charge is 0.220 e. The van der Waals surface area contributed by atoms with Crippen LogP contribution in [0.15, 0.2) is 0 Å². The van der Waals surface area contributed by atoms with Crippen LogP contribution in [0.5, 0.6) is 0 Å². The summed E-state index contributed by atoms with van der Waals surface area (Å²) in [6.07, 6.45) is 31.6. The van der Waals surface area contributed by atoms with Crippen LogP contribution in [0.1, 0.15) is 219 Å². The number of carbonyl (C=O) groups excluding carboxylic acids is 1. The maximum atomic E-state index is 12.8. The fourth-order valence-electron chi connectivity index (χ4n) is 7.51. The zero-order chi connectivity index (χ0) is 38.8. The van der Waals surface area contributed by atoms with Crippen LogP contribution in [-0.4, -0.2) is 87.5 Å². The lowest BCUT2D eigenvalue weighted by Gasteiger charge is -2.40. The second-order valence-electron chi connectivity index (χ2n) is 16.2. The number of nitrogens with one attached hydrogen (secondary N) is 1. The third-order valence-corrected chi connectivity index (χ3v) is 11.2. The van der Waals surface area contributed by atoms with Gasteiger partial charge in [0.25, 0.3) is 0 Å². The first-order chi connectivity index (χ1) is 25.8. The summed E-state index contributed by atoms with van der Waals surface area (Å²) in [6.45, 7) is 3.78. The van der Waals surface area contributed by atoms with E-state index in [0.29, 0.717) is 12.8 Å². The Morgan fingerprint density at radius 1 is 0.566 bits per heavy atom. The van der Waals surface area contributed by atoms with E-state index in [1.807, 2.05) is 0 Å². The number of aliphatic hydroxyl groups is 5. The predicted molar refractivity (Wildman–Crippen MR) is 217 cm³/mol. The van der Waals surface area contributed by atoms with Gasteiger partial charge in [-0.2, -0.15) is 0 Å². The molecule has 0 saturated carbocycles. The van der Waals surface area contributed by atoms with Crippen LogP contribution < -0.4 is 5.32 Å². The topological polar surface area (TPSA) is 149 Å². The van der Waals surface area contributed by atoms with Gasteiger partial charge in [-0.25, -0.2) is 0 Å². The average Bonchev–Trinajstić information content (AvgIpc) is 3.16. The lowest BCUT2D eigenvalue weighted by atomic mass is 9.99. The van der Waals surface area contributed by atoms with Gasteiger partial charge in [0.05, 0.1) is 25.4 Å². The third kappa shape index (κ3) is 26.6. The number of hydrogen-bond acceptors (Lipinski definition) is 8. The fourth-order valence-corrected chi connectivity index (χ4v) is 7.51. The molecule has 0 spiro atoms. The number of hydrogen-bond donors (Lipinski definition) is 6. The zero-order valence-corrected chi connectivity index (χ0v) is 34.5. The Balaban J connectivity index is 2.16. The molecule has 1 heterocycles. The molecule has 6 N–H and O–H groups in total. The van der Waals surface area contributed by atoms with E-state index < -0.39 is 49.5 Å². The van der Waals surface area contributed by atoms with E-state index in [0.717, 1.165) is 38.5 Å². The quantitative estimate of drug-likeness (QED) is 0.0342. The van der Waals surface area contributed by atoms with E-state index in [1.165, 1.54) is 154 Å². The largest absolute Gasteiger partial charge is 0.394 e. The van der Waals surface area contributed by atoms with Crippen molar-refractivity contribution in [3.63, 3.8) is 0 Å². The summed E-state index contributed by atoms with van der Waals surface area (Å²) < 4.78 is 11.2. The standard InChI is InChI=1S/C44H87NO8/c1-3-5-7-9-11-12-13-14-15-16-17-18-19-20-21-22-23-24-25-26-27-28-29-31-33-38(47)37(45-40(48)34-32-30-10-8-6-4-2)36-52-44-43(51)42(50)41(49)39(35-46)53-44/h37-39,41-44,46-47,49-51H,3-36H2,1-2H3,(H,45,48). The van der Waals surface area contributed by atoms with Gasteiger partial charge >= 0.3 is 0 Å². The van der Waals surface area contributed by atoms with Gasteiger partial charge in [-0.15, -0.1) is 0 Å². The Labute approximate surface area is 325 Å². The second-order valence-corrected chi connectivity index (χ2v) is 16.2. The summed E-state index contributed by atoms with van der Waals surface area (Å²) >= 11 is 0.